The molecule has 0 spiro atoms. The van der Waals surface area contributed by atoms with Crippen LogP contribution in [0.25, 0.3) is 12.2 Å². The highest BCUT2D eigenvalue weighted by Gasteiger charge is 2.44. The van der Waals surface area contributed by atoms with Gasteiger partial charge in [0.2, 0.25) is 6.29 Å². The average Bonchev–Trinajstić information content (AvgIpc) is 2.67. The van der Waals surface area contributed by atoms with Crippen LogP contribution >= 0.6 is 0 Å². The summed E-state index contributed by atoms with van der Waals surface area (Å²) in [5.41, 5.74) is 1.42. The number of aliphatic hydroxyl groups is 4. The second-order valence-corrected chi connectivity index (χ2v) is 6.50. The number of ether oxygens (including phenoxy) is 2. The highest BCUT2D eigenvalue weighted by atomic mass is 16.7. The molecule has 2 aromatic rings. The van der Waals surface area contributed by atoms with Crippen molar-refractivity contribution < 1.29 is 40.1 Å². The lowest BCUT2D eigenvalue weighted by Crippen LogP contribution is -2.60. The van der Waals surface area contributed by atoms with Crippen molar-refractivity contribution >= 4 is 12.2 Å². The molecule has 0 aromatic heterocycles. The minimum absolute atomic E-state index is 0.0903. The Balaban J connectivity index is 1.76. The number of phenols is 2. The van der Waals surface area contributed by atoms with Gasteiger partial charge in [-0.15, -0.1) is 0 Å². The van der Waals surface area contributed by atoms with Crippen molar-refractivity contribution in [3.05, 3.63) is 53.6 Å². The van der Waals surface area contributed by atoms with E-state index in [-0.39, 0.29) is 17.2 Å². The molecule has 0 aliphatic carbocycles. The Kier molecular flexibility index (Phi) is 6.18. The van der Waals surface area contributed by atoms with Crippen LogP contribution in [0.1, 0.15) is 11.1 Å². The van der Waals surface area contributed by atoms with Crippen LogP contribution in [-0.4, -0.2) is 68.0 Å². The molecule has 28 heavy (non-hydrogen) atoms. The second kappa shape index (κ2) is 8.59. The van der Waals surface area contributed by atoms with Gasteiger partial charge in [0.05, 0.1) is 6.61 Å². The van der Waals surface area contributed by atoms with Crippen LogP contribution in [0.5, 0.6) is 17.2 Å². The molecule has 1 heterocycles. The maximum absolute atomic E-state index is 10.1. The fraction of sp³-hybridized carbons (Fsp3) is 0.300. The fourth-order valence-corrected chi connectivity index (χ4v) is 2.85. The molecule has 8 nitrogen and oxygen atoms in total. The maximum Gasteiger partial charge on any atom is 0.229 e. The molecule has 2 aromatic carbocycles. The first-order valence-corrected chi connectivity index (χ1v) is 8.65. The molecular formula is C20H22O8. The van der Waals surface area contributed by atoms with E-state index in [0.717, 1.165) is 5.56 Å². The van der Waals surface area contributed by atoms with Crippen LogP contribution in [0.3, 0.4) is 0 Å². The molecule has 1 aliphatic heterocycles. The predicted octanol–water partition coefficient (Wildman–Crippen LogP) is 0.447. The van der Waals surface area contributed by atoms with Gasteiger partial charge in [-0.1, -0.05) is 24.3 Å². The minimum Gasteiger partial charge on any atom is -0.508 e. The Morgan fingerprint density at radius 1 is 0.821 bits per heavy atom. The van der Waals surface area contributed by atoms with Crippen LogP contribution in [-0.2, 0) is 4.74 Å². The highest BCUT2D eigenvalue weighted by Crippen LogP contribution is 2.28. The lowest BCUT2D eigenvalue weighted by Gasteiger charge is -2.39. The van der Waals surface area contributed by atoms with E-state index in [9.17, 15) is 30.6 Å². The summed E-state index contributed by atoms with van der Waals surface area (Å²) in [5, 5.41) is 58.2. The number of rotatable bonds is 5. The normalized spacial score (nSPS) is 27.8. The second-order valence-electron chi connectivity index (χ2n) is 6.50. The fourth-order valence-electron chi connectivity index (χ4n) is 2.85. The average molecular weight is 390 g/mol. The first-order chi connectivity index (χ1) is 13.4. The first kappa shape index (κ1) is 20.1. The molecule has 1 saturated heterocycles. The predicted molar refractivity (Wildman–Crippen MR) is 99.5 cm³/mol. The summed E-state index contributed by atoms with van der Waals surface area (Å²) in [6.07, 6.45) is -3.52. The molecule has 5 atom stereocenters. The van der Waals surface area contributed by atoms with E-state index in [0.29, 0.717) is 5.56 Å². The Labute approximate surface area is 161 Å². The Bertz CT molecular complexity index is 817. The van der Waals surface area contributed by atoms with Gasteiger partial charge < -0.3 is 40.1 Å². The van der Waals surface area contributed by atoms with E-state index in [2.05, 4.69) is 0 Å². The number of hydrogen-bond acceptors (Lipinski definition) is 8. The number of phenolic OH excluding ortho intramolecular Hbond substituents is 2. The summed E-state index contributed by atoms with van der Waals surface area (Å²) in [6, 6.07) is 10.9. The summed E-state index contributed by atoms with van der Waals surface area (Å²) in [6.45, 7) is -0.564. The third kappa shape index (κ3) is 4.61. The van der Waals surface area contributed by atoms with Gasteiger partial charge in [0, 0.05) is 6.07 Å². The van der Waals surface area contributed by atoms with Gasteiger partial charge in [-0.3, -0.25) is 0 Å². The molecule has 2 unspecified atom stereocenters. The van der Waals surface area contributed by atoms with Gasteiger partial charge in [-0.25, -0.2) is 0 Å². The Morgan fingerprint density at radius 2 is 1.50 bits per heavy atom. The smallest absolute Gasteiger partial charge is 0.229 e. The van der Waals surface area contributed by atoms with E-state index < -0.39 is 37.3 Å². The lowest BCUT2D eigenvalue weighted by molar-refractivity contribution is -0.277. The lowest BCUT2D eigenvalue weighted by atomic mass is 9.99. The number of benzene rings is 2. The van der Waals surface area contributed by atoms with Crippen LogP contribution in [0.2, 0.25) is 0 Å². The third-order valence-electron chi connectivity index (χ3n) is 4.38. The monoisotopic (exact) mass is 390 g/mol. The van der Waals surface area contributed by atoms with Gasteiger partial charge in [0.25, 0.3) is 0 Å². The zero-order chi connectivity index (χ0) is 20.3. The number of aliphatic hydroxyl groups excluding tert-OH is 4. The quantitative estimate of drug-likeness (QED) is 0.405. The van der Waals surface area contributed by atoms with Crippen molar-refractivity contribution in [2.24, 2.45) is 0 Å². The zero-order valence-electron chi connectivity index (χ0n) is 14.8. The van der Waals surface area contributed by atoms with Gasteiger partial charge in [-0.2, -0.15) is 0 Å². The minimum atomic E-state index is -1.55. The van der Waals surface area contributed by atoms with Crippen LogP contribution < -0.4 is 4.74 Å². The first-order valence-electron chi connectivity index (χ1n) is 8.65. The van der Waals surface area contributed by atoms with E-state index in [1.165, 1.54) is 12.1 Å². The molecule has 0 amide bonds. The Hall–Kier alpha value is -2.62. The van der Waals surface area contributed by atoms with E-state index in [1.807, 2.05) is 0 Å². The van der Waals surface area contributed by atoms with Gasteiger partial charge in [0.15, 0.2) is 0 Å². The maximum atomic E-state index is 10.1. The number of hydrogen-bond donors (Lipinski definition) is 6. The topological polar surface area (TPSA) is 140 Å². The summed E-state index contributed by atoms with van der Waals surface area (Å²) < 4.78 is 10.8. The Morgan fingerprint density at radius 3 is 2.18 bits per heavy atom. The number of aromatic hydroxyl groups is 2. The van der Waals surface area contributed by atoms with Crippen LogP contribution in [0.15, 0.2) is 42.5 Å². The van der Waals surface area contributed by atoms with Gasteiger partial charge in [-0.05, 0) is 35.4 Å². The SMILES string of the molecule is OCC1O[C@@H](Oc2cc(O)cc(/C=C/c3ccc(O)cc3)c2)C(O)[C@H](O)[C@@H]1O. The molecule has 8 heteroatoms. The van der Waals surface area contributed by atoms with Crippen molar-refractivity contribution in [2.45, 2.75) is 30.7 Å². The van der Waals surface area contributed by atoms with E-state index in [1.54, 1.807) is 42.5 Å². The van der Waals surface area contributed by atoms with Gasteiger partial charge in [0.1, 0.15) is 41.7 Å². The summed E-state index contributed by atoms with van der Waals surface area (Å²) in [7, 11) is 0. The summed E-state index contributed by atoms with van der Waals surface area (Å²) in [5.74, 6) is 0.229. The molecule has 6 N–H and O–H groups in total. The van der Waals surface area contributed by atoms with Crippen LogP contribution in [0, 0.1) is 0 Å². The zero-order valence-corrected chi connectivity index (χ0v) is 14.8. The molecule has 0 bridgehead atoms. The van der Waals surface area contributed by atoms with E-state index in [4.69, 9.17) is 9.47 Å². The largest absolute Gasteiger partial charge is 0.508 e. The standard InChI is InChI=1S/C20H22O8/c21-10-16-17(24)18(25)19(26)20(28-16)27-15-8-12(7-14(23)9-15)2-1-11-3-5-13(22)6-4-11/h1-9,16-26H,10H2/b2-1+/t16?,17-,18-,19?,20-/m1/s1. The van der Waals surface area contributed by atoms with Crippen molar-refractivity contribution in [1.82, 2.24) is 0 Å². The van der Waals surface area contributed by atoms with Crippen LogP contribution in [0.4, 0.5) is 0 Å². The molecule has 0 radical (unpaired) electrons. The highest BCUT2D eigenvalue weighted by molar-refractivity contribution is 5.71. The van der Waals surface area contributed by atoms with Crippen molar-refractivity contribution in [2.75, 3.05) is 6.61 Å². The van der Waals surface area contributed by atoms with Crippen molar-refractivity contribution in [3.63, 3.8) is 0 Å². The molecule has 150 valence electrons. The molecule has 0 saturated carbocycles. The van der Waals surface area contributed by atoms with Gasteiger partial charge >= 0.3 is 0 Å². The van der Waals surface area contributed by atoms with Crippen molar-refractivity contribution in [1.29, 1.82) is 0 Å². The summed E-state index contributed by atoms with van der Waals surface area (Å²) >= 11 is 0. The molecule has 3 rings (SSSR count). The summed E-state index contributed by atoms with van der Waals surface area (Å²) in [4.78, 5) is 0. The molecule has 1 fully saturated rings. The third-order valence-corrected chi connectivity index (χ3v) is 4.38. The van der Waals surface area contributed by atoms with E-state index >= 15 is 0 Å². The molecular weight excluding hydrogens is 368 g/mol. The molecule has 1 aliphatic rings. The van der Waals surface area contributed by atoms with Crippen molar-refractivity contribution in [3.8, 4) is 17.2 Å².